The van der Waals surface area contributed by atoms with E-state index in [9.17, 15) is 4.79 Å². The van der Waals surface area contributed by atoms with Gasteiger partial charge in [0, 0.05) is 30.6 Å². The van der Waals surface area contributed by atoms with E-state index in [0.29, 0.717) is 6.42 Å². The summed E-state index contributed by atoms with van der Waals surface area (Å²) in [5.74, 6) is 0.0874. The van der Waals surface area contributed by atoms with Crippen LogP contribution < -0.4 is 5.32 Å². The standard InChI is InChI=1S/C19H21N3O/c20-11-5-13-22-12-4-8-16(14-22)19(23)21-18-10-3-7-15-6-1-2-9-17(15)18/h1-3,6-7,9-10,16H,4-5,8,12-14H2,(H,21,23). The summed E-state index contributed by atoms with van der Waals surface area (Å²) in [7, 11) is 0. The van der Waals surface area contributed by atoms with Crippen LogP contribution in [0.15, 0.2) is 42.5 Å². The monoisotopic (exact) mass is 307 g/mol. The Morgan fingerprint density at radius 3 is 2.96 bits per heavy atom. The second-order valence-corrected chi connectivity index (χ2v) is 6.06. The molecule has 0 aromatic heterocycles. The van der Waals surface area contributed by atoms with Gasteiger partial charge in [0.15, 0.2) is 0 Å². The Morgan fingerprint density at radius 1 is 1.26 bits per heavy atom. The summed E-state index contributed by atoms with van der Waals surface area (Å²) in [6, 6.07) is 16.2. The molecule has 1 aliphatic heterocycles. The van der Waals surface area contributed by atoms with Crippen molar-refractivity contribution in [2.45, 2.75) is 19.3 Å². The van der Waals surface area contributed by atoms with Gasteiger partial charge in [-0.2, -0.15) is 5.26 Å². The fraction of sp³-hybridized carbons (Fsp3) is 0.368. The molecule has 2 aromatic rings. The summed E-state index contributed by atoms with van der Waals surface area (Å²) in [4.78, 5) is 14.9. The molecule has 0 aliphatic carbocycles. The second-order valence-electron chi connectivity index (χ2n) is 6.06. The number of rotatable bonds is 4. The molecule has 1 heterocycles. The number of nitriles is 1. The van der Waals surface area contributed by atoms with E-state index in [1.165, 1.54) is 0 Å². The van der Waals surface area contributed by atoms with Crippen molar-refractivity contribution >= 4 is 22.4 Å². The maximum Gasteiger partial charge on any atom is 0.228 e. The van der Waals surface area contributed by atoms with Crippen LogP contribution in [0.2, 0.25) is 0 Å². The molecule has 0 saturated carbocycles. The van der Waals surface area contributed by atoms with E-state index in [-0.39, 0.29) is 11.8 Å². The molecular formula is C19H21N3O. The molecule has 1 amide bonds. The van der Waals surface area contributed by atoms with Gasteiger partial charge in [-0.3, -0.25) is 4.79 Å². The lowest BCUT2D eigenvalue weighted by Crippen LogP contribution is -2.41. The summed E-state index contributed by atoms with van der Waals surface area (Å²) in [6.07, 6.45) is 2.45. The topological polar surface area (TPSA) is 56.1 Å². The van der Waals surface area contributed by atoms with E-state index in [4.69, 9.17) is 5.26 Å². The van der Waals surface area contributed by atoms with Crippen LogP contribution in [0.5, 0.6) is 0 Å². The van der Waals surface area contributed by atoms with Crippen LogP contribution in [-0.2, 0) is 4.79 Å². The zero-order valence-corrected chi connectivity index (χ0v) is 13.2. The van der Waals surface area contributed by atoms with Crippen LogP contribution in [0.25, 0.3) is 10.8 Å². The van der Waals surface area contributed by atoms with E-state index in [1.807, 2.05) is 30.3 Å². The van der Waals surface area contributed by atoms with Crippen molar-refractivity contribution in [3.05, 3.63) is 42.5 Å². The van der Waals surface area contributed by atoms with Crippen molar-refractivity contribution in [3.8, 4) is 6.07 Å². The number of carbonyl (C=O) groups excluding carboxylic acids is 1. The molecule has 2 aromatic carbocycles. The summed E-state index contributed by atoms with van der Waals surface area (Å²) >= 11 is 0. The van der Waals surface area contributed by atoms with Gasteiger partial charge in [-0.05, 0) is 30.8 Å². The number of piperidine rings is 1. The van der Waals surface area contributed by atoms with Gasteiger partial charge in [-0.25, -0.2) is 0 Å². The number of amides is 1. The van der Waals surface area contributed by atoms with Gasteiger partial charge in [0.05, 0.1) is 12.0 Å². The lowest BCUT2D eigenvalue weighted by atomic mass is 9.96. The molecule has 118 valence electrons. The highest BCUT2D eigenvalue weighted by atomic mass is 16.1. The molecular weight excluding hydrogens is 286 g/mol. The van der Waals surface area contributed by atoms with Crippen molar-refractivity contribution in [2.24, 2.45) is 5.92 Å². The number of nitrogens with one attached hydrogen (secondary N) is 1. The van der Waals surface area contributed by atoms with Crippen LogP contribution >= 0.6 is 0 Å². The fourth-order valence-electron chi connectivity index (χ4n) is 3.25. The van der Waals surface area contributed by atoms with E-state index < -0.39 is 0 Å². The number of carbonyl (C=O) groups is 1. The first-order valence-electron chi connectivity index (χ1n) is 8.16. The minimum Gasteiger partial charge on any atom is -0.325 e. The molecule has 23 heavy (non-hydrogen) atoms. The minimum atomic E-state index is 0.00131. The van der Waals surface area contributed by atoms with Crippen molar-refractivity contribution in [1.29, 1.82) is 5.26 Å². The predicted octanol–water partition coefficient (Wildman–Crippen LogP) is 3.40. The number of anilines is 1. The smallest absolute Gasteiger partial charge is 0.228 e. The number of nitrogens with zero attached hydrogens (tertiary/aromatic N) is 2. The summed E-state index contributed by atoms with van der Waals surface area (Å²) in [5.41, 5.74) is 0.877. The Morgan fingerprint density at radius 2 is 2.09 bits per heavy atom. The van der Waals surface area contributed by atoms with Crippen LogP contribution in [-0.4, -0.2) is 30.4 Å². The molecule has 4 heteroatoms. The van der Waals surface area contributed by atoms with Gasteiger partial charge in [0.25, 0.3) is 0 Å². The number of fused-ring (bicyclic) bond motifs is 1. The van der Waals surface area contributed by atoms with Gasteiger partial charge in [-0.1, -0.05) is 36.4 Å². The van der Waals surface area contributed by atoms with Crippen molar-refractivity contribution in [3.63, 3.8) is 0 Å². The Bertz CT molecular complexity index is 729. The Kier molecular flexibility index (Phi) is 4.89. The molecule has 1 aliphatic rings. The van der Waals surface area contributed by atoms with E-state index in [2.05, 4.69) is 28.4 Å². The normalized spacial score (nSPS) is 18.5. The van der Waals surface area contributed by atoms with Crippen LogP contribution in [0.3, 0.4) is 0 Å². The van der Waals surface area contributed by atoms with Crippen LogP contribution in [0.1, 0.15) is 19.3 Å². The van der Waals surface area contributed by atoms with Gasteiger partial charge in [0.2, 0.25) is 5.91 Å². The van der Waals surface area contributed by atoms with Crippen LogP contribution in [0, 0.1) is 17.2 Å². The molecule has 1 unspecified atom stereocenters. The van der Waals surface area contributed by atoms with Gasteiger partial charge >= 0.3 is 0 Å². The van der Waals surface area contributed by atoms with E-state index in [0.717, 1.165) is 48.9 Å². The molecule has 1 atom stereocenters. The zero-order chi connectivity index (χ0) is 16.1. The summed E-state index contributed by atoms with van der Waals surface area (Å²) in [6.45, 7) is 2.49. The molecule has 1 fully saturated rings. The van der Waals surface area contributed by atoms with Crippen molar-refractivity contribution < 1.29 is 4.79 Å². The SMILES string of the molecule is N#CCCN1CCCC(C(=O)Nc2cccc3ccccc23)C1. The zero-order valence-electron chi connectivity index (χ0n) is 13.2. The first kappa shape index (κ1) is 15.5. The number of benzene rings is 2. The maximum atomic E-state index is 12.6. The van der Waals surface area contributed by atoms with Crippen LogP contribution in [0.4, 0.5) is 5.69 Å². The Hall–Kier alpha value is -2.38. The molecule has 3 rings (SSSR count). The number of hydrogen-bond acceptors (Lipinski definition) is 3. The second kappa shape index (κ2) is 7.26. The molecule has 0 spiro atoms. The third kappa shape index (κ3) is 3.69. The van der Waals surface area contributed by atoms with Gasteiger partial charge in [-0.15, -0.1) is 0 Å². The highest BCUT2D eigenvalue weighted by Crippen LogP contribution is 2.25. The van der Waals surface area contributed by atoms with Gasteiger partial charge < -0.3 is 10.2 Å². The predicted molar refractivity (Wildman–Crippen MR) is 92.0 cm³/mol. The summed E-state index contributed by atoms with van der Waals surface area (Å²) < 4.78 is 0. The first-order valence-corrected chi connectivity index (χ1v) is 8.16. The molecule has 0 bridgehead atoms. The Balaban J connectivity index is 1.70. The third-order valence-electron chi connectivity index (χ3n) is 4.46. The van der Waals surface area contributed by atoms with Crippen molar-refractivity contribution in [2.75, 3.05) is 25.0 Å². The largest absolute Gasteiger partial charge is 0.325 e. The molecule has 1 saturated heterocycles. The third-order valence-corrected chi connectivity index (χ3v) is 4.46. The fourth-order valence-corrected chi connectivity index (χ4v) is 3.25. The van der Waals surface area contributed by atoms with E-state index in [1.54, 1.807) is 0 Å². The minimum absolute atomic E-state index is 0.00131. The number of hydrogen-bond donors (Lipinski definition) is 1. The highest BCUT2D eigenvalue weighted by molar-refractivity contribution is 6.02. The summed E-state index contributed by atoms with van der Waals surface area (Å²) in [5, 5.41) is 14.0. The Labute approximate surface area is 136 Å². The lowest BCUT2D eigenvalue weighted by molar-refractivity contribution is -0.121. The maximum absolute atomic E-state index is 12.6. The highest BCUT2D eigenvalue weighted by Gasteiger charge is 2.25. The molecule has 4 nitrogen and oxygen atoms in total. The van der Waals surface area contributed by atoms with E-state index >= 15 is 0 Å². The molecule has 1 N–H and O–H groups in total. The quantitative estimate of drug-likeness (QED) is 0.942. The average Bonchev–Trinajstić information content (AvgIpc) is 2.60. The lowest BCUT2D eigenvalue weighted by Gasteiger charge is -2.31. The van der Waals surface area contributed by atoms with Gasteiger partial charge in [0.1, 0.15) is 0 Å². The average molecular weight is 307 g/mol. The van der Waals surface area contributed by atoms with Crippen molar-refractivity contribution in [1.82, 2.24) is 4.90 Å². The molecule has 0 radical (unpaired) electrons. The first-order chi connectivity index (χ1) is 11.3. The number of likely N-dealkylation sites (tertiary alicyclic amines) is 1.